The number of nitrogens with zero attached hydrogens (tertiary/aromatic N) is 1. The lowest BCUT2D eigenvalue weighted by Crippen LogP contribution is -2.29. The highest BCUT2D eigenvalue weighted by atomic mass is 16.5. The zero-order valence-corrected chi connectivity index (χ0v) is 10.00. The predicted octanol–water partition coefficient (Wildman–Crippen LogP) is 1.00. The monoisotopic (exact) mass is 216 g/mol. The average Bonchev–Trinajstić information content (AvgIpc) is 2.25. The third-order valence-electron chi connectivity index (χ3n) is 2.23. The van der Waals surface area contributed by atoms with Crippen LogP contribution in [0.4, 0.5) is 0 Å². The van der Waals surface area contributed by atoms with Crippen molar-refractivity contribution in [2.75, 3.05) is 33.4 Å². The van der Waals surface area contributed by atoms with Crippen molar-refractivity contribution in [2.24, 2.45) is 5.73 Å². The number of nitrogens with two attached hydrogens (primary N) is 1. The topological polar surface area (TPSA) is 55.6 Å². The molecule has 0 aromatic heterocycles. The first kappa shape index (κ1) is 14.4. The zero-order chi connectivity index (χ0) is 11.5. The fourth-order valence-corrected chi connectivity index (χ4v) is 1.15. The lowest BCUT2D eigenvalue weighted by atomic mass is 10.3. The van der Waals surface area contributed by atoms with Crippen LogP contribution in [0.25, 0.3) is 0 Å². The number of amides is 1. The number of ether oxygens (including phenoxy) is 1. The van der Waals surface area contributed by atoms with E-state index in [9.17, 15) is 4.79 Å². The summed E-state index contributed by atoms with van der Waals surface area (Å²) in [5.74, 6) is 0.139. The molecule has 0 saturated heterocycles. The summed E-state index contributed by atoms with van der Waals surface area (Å²) in [7, 11) is 1.81. The molecule has 0 rings (SSSR count). The summed E-state index contributed by atoms with van der Waals surface area (Å²) in [5, 5.41) is 0. The lowest BCUT2D eigenvalue weighted by Gasteiger charge is -2.16. The lowest BCUT2D eigenvalue weighted by molar-refractivity contribution is -0.131. The Labute approximate surface area is 92.8 Å². The average molecular weight is 216 g/mol. The van der Waals surface area contributed by atoms with E-state index >= 15 is 0 Å². The van der Waals surface area contributed by atoms with E-state index in [4.69, 9.17) is 10.5 Å². The fourth-order valence-electron chi connectivity index (χ4n) is 1.15. The van der Waals surface area contributed by atoms with E-state index in [0.717, 1.165) is 32.4 Å². The van der Waals surface area contributed by atoms with Crippen molar-refractivity contribution in [2.45, 2.75) is 32.6 Å². The SMILES string of the molecule is CCCCOCCC(=O)N(C)CCCN. The van der Waals surface area contributed by atoms with Gasteiger partial charge >= 0.3 is 0 Å². The molecule has 0 radical (unpaired) electrons. The van der Waals surface area contributed by atoms with E-state index in [1.54, 1.807) is 4.90 Å². The molecule has 0 aliphatic carbocycles. The van der Waals surface area contributed by atoms with Gasteiger partial charge in [-0.05, 0) is 19.4 Å². The van der Waals surface area contributed by atoms with Crippen LogP contribution in [0.15, 0.2) is 0 Å². The Balaban J connectivity index is 3.38. The van der Waals surface area contributed by atoms with Crippen LogP contribution in [0.3, 0.4) is 0 Å². The molecule has 4 nitrogen and oxygen atoms in total. The second-order valence-corrected chi connectivity index (χ2v) is 3.67. The van der Waals surface area contributed by atoms with Crippen LogP contribution in [0.1, 0.15) is 32.6 Å². The van der Waals surface area contributed by atoms with Gasteiger partial charge in [0, 0.05) is 20.2 Å². The van der Waals surface area contributed by atoms with Crippen molar-refractivity contribution < 1.29 is 9.53 Å². The number of unbranched alkanes of at least 4 members (excludes halogenated alkanes) is 1. The second-order valence-electron chi connectivity index (χ2n) is 3.67. The van der Waals surface area contributed by atoms with Crippen molar-refractivity contribution in [3.63, 3.8) is 0 Å². The molecular formula is C11H24N2O2. The molecule has 0 unspecified atom stereocenters. The van der Waals surface area contributed by atoms with Gasteiger partial charge in [0.1, 0.15) is 0 Å². The van der Waals surface area contributed by atoms with Crippen LogP contribution in [-0.2, 0) is 9.53 Å². The quantitative estimate of drug-likeness (QED) is 0.585. The molecule has 0 aliphatic rings. The maximum absolute atomic E-state index is 11.5. The molecule has 2 N–H and O–H groups in total. The highest BCUT2D eigenvalue weighted by Crippen LogP contribution is 1.95. The number of carbonyl (C=O) groups is 1. The van der Waals surface area contributed by atoms with Crippen LogP contribution in [-0.4, -0.2) is 44.2 Å². The molecule has 0 aliphatic heterocycles. The number of hydrogen-bond acceptors (Lipinski definition) is 3. The molecule has 0 fully saturated rings. The van der Waals surface area contributed by atoms with E-state index in [1.807, 2.05) is 7.05 Å². The number of hydrogen-bond donors (Lipinski definition) is 1. The summed E-state index contributed by atoms with van der Waals surface area (Å²) >= 11 is 0. The normalized spacial score (nSPS) is 10.3. The predicted molar refractivity (Wildman–Crippen MR) is 61.7 cm³/mol. The van der Waals surface area contributed by atoms with Crippen LogP contribution in [0.5, 0.6) is 0 Å². The van der Waals surface area contributed by atoms with Gasteiger partial charge in [0.2, 0.25) is 5.91 Å². The molecule has 90 valence electrons. The molecule has 0 heterocycles. The third kappa shape index (κ3) is 8.39. The minimum absolute atomic E-state index is 0.139. The van der Waals surface area contributed by atoms with E-state index < -0.39 is 0 Å². The Morgan fingerprint density at radius 2 is 2.07 bits per heavy atom. The minimum Gasteiger partial charge on any atom is -0.381 e. The minimum atomic E-state index is 0.139. The van der Waals surface area contributed by atoms with Gasteiger partial charge in [-0.1, -0.05) is 13.3 Å². The van der Waals surface area contributed by atoms with E-state index in [1.165, 1.54) is 0 Å². The van der Waals surface area contributed by atoms with Gasteiger partial charge < -0.3 is 15.4 Å². The Bertz CT molecular complexity index is 163. The van der Waals surface area contributed by atoms with Crippen LogP contribution < -0.4 is 5.73 Å². The molecule has 0 saturated carbocycles. The summed E-state index contributed by atoms with van der Waals surface area (Å²) in [6, 6.07) is 0. The van der Waals surface area contributed by atoms with Gasteiger partial charge in [0.15, 0.2) is 0 Å². The molecule has 1 amide bonds. The first-order chi connectivity index (χ1) is 7.22. The van der Waals surface area contributed by atoms with Crippen molar-refractivity contribution in [1.29, 1.82) is 0 Å². The highest BCUT2D eigenvalue weighted by molar-refractivity contribution is 5.75. The Morgan fingerprint density at radius 3 is 2.67 bits per heavy atom. The van der Waals surface area contributed by atoms with Gasteiger partial charge in [0.25, 0.3) is 0 Å². The summed E-state index contributed by atoms with van der Waals surface area (Å²) in [5.41, 5.74) is 5.37. The molecule has 0 aromatic carbocycles. The Hall–Kier alpha value is -0.610. The summed E-state index contributed by atoms with van der Waals surface area (Å²) < 4.78 is 5.33. The van der Waals surface area contributed by atoms with E-state index in [0.29, 0.717) is 19.6 Å². The maximum atomic E-state index is 11.5. The molecule has 15 heavy (non-hydrogen) atoms. The molecular weight excluding hydrogens is 192 g/mol. The van der Waals surface area contributed by atoms with Gasteiger partial charge in [-0.15, -0.1) is 0 Å². The molecule has 0 aromatic rings. The van der Waals surface area contributed by atoms with Gasteiger partial charge in [0.05, 0.1) is 13.0 Å². The first-order valence-electron chi connectivity index (χ1n) is 5.74. The van der Waals surface area contributed by atoms with Gasteiger partial charge in [-0.3, -0.25) is 4.79 Å². The summed E-state index contributed by atoms with van der Waals surface area (Å²) in [6.07, 6.45) is 3.53. The number of rotatable bonds is 9. The van der Waals surface area contributed by atoms with Gasteiger partial charge in [-0.25, -0.2) is 0 Å². The van der Waals surface area contributed by atoms with Crippen molar-refractivity contribution >= 4 is 5.91 Å². The van der Waals surface area contributed by atoms with Crippen molar-refractivity contribution in [1.82, 2.24) is 4.90 Å². The van der Waals surface area contributed by atoms with Crippen LogP contribution in [0, 0.1) is 0 Å². The fraction of sp³-hybridized carbons (Fsp3) is 0.909. The Morgan fingerprint density at radius 1 is 1.33 bits per heavy atom. The van der Waals surface area contributed by atoms with Gasteiger partial charge in [-0.2, -0.15) is 0 Å². The second kappa shape index (κ2) is 9.93. The molecule has 0 bridgehead atoms. The van der Waals surface area contributed by atoms with E-state index in [-0.39, 0.29) is 5.91 Å². The Kier molecular flexibility index (Phi) is 9.52. The van der Waals surface area contributed by atoms with Crippen molar-refractivity contribution in [3.05, 3.63) is 0 Å². The molecule has 0 spiro atoms. The van der Waals surface area contributed by atoms with E-state index in [2.05, 4.69) is 6.92 Å². The van der Waals surface area contributed by atoms with Crippen molar-refractivity contribution in [3.8, 4) is 0 Å². The number of carbonyl (C=O) groups excluding carboxylic acids is 1. The van der Waals surface area contributed by atoms with Crippen LogP contribution >= 0.6 is 0 Å². The standard InChI is InChI=1S/C11H24N2O2/c1-3-4-9-15-10-6-11(14)13(2)8-5-7-12/h3-10,12H2,1-2H3. The largest absolute Gasteiger partial charge is 0.381 e. The summed E-state index contributed by atoms with van der Waals surface area (Å²) in [4.78, 5) is 13.2. The first-order valence-corrected chi connectivity index (χ1v) is 5.74. The zero-order valence-electron chi connectivity index (χ0n) is 10.00. The maximum Gasteiger partial charge on any atom is 0.224 e. The van der Waals surface area contributed by atoms with Crippen LogP contribution in [0.2, 0.25) is 0 Å². The third-order valence-corrected chi connectivity index (χ3v) is 2.23. The molecule has 4 heteroatoms. The highest BCUT2D eigenvalue weighted by Gasteiger charge is 2.06. The smallest absolute Gasteiger partial charge is 0.224 e. The molecule has 0 atom stereocenters. The summed E-state index contributed by atoms with van der Waals surface area (Å²) in [6.45, 7) is 4.78.